The Morgan fingerprint density at radius 2 is 2.04 bits per heavy atom. The lowest BCUT2D eigenvalue weighted by molar-refractivity contribution is 0.0179. The van der Waals surface area contributed by atoms with Crippen LogP contribution in [0, 0.1) is 0 Å². The predicted octanol–water partition coefficient (Wildman–Crippen LogP) is 2.08. The SMILES string of the molecule is CN(C(=O)OC(C)(C)C)C1CCC(NCc2cnnn2C)CC1. The van der Waals surface area contributed by atoms with Crippen LogP contribution in [0.25, 0.3) is 0 Å². The van der Waals surface area contributed by atoms with Gasteiger partial charge in [0.1, 0.15) is 5.60 Å². The van der Waals surface area contributed by atoms with Crippen molar-refractivity contribution in [3.05, 3.63) is 11.9 Å². The number of ether oxygens (including phenoxy) is 1. The Bertz CT molecular complexity index is 515. The van der Waals surface area contributed by atoms with E-state index in [1.807, 2.05) is 34.9 Å². The second-order valence-electron chi connectivity index (χ2n) is 7.33. The van der Waals surface area contributed by atoms with Gasteiger partial charge in [0.15, 0.2) is 0 Å². The Morgan fingerprint density at radius 3 is 2.57 bits per heavy atom. The van der Waals surface area contributed by atoms with Crippen LogP contribution in [0.1, 0.15) is 52.1 Å². The summed E-state index contributed by atoms with van der Waals surface area (Å²) in [5, 5.41) is 11.4. The molecule has 0 bridgehead atoms. The molecular weight excluding hydrogens is 294 g/mol. The van der Waals surface area contributed by atoms with Crippen molar-refractivity contribution in [2.75, 3.05) is 7.05 Å². The summed E-state index contributed by atoms with van der Waals surface area (Å²) in [6, 6.07) is 0.745. The van der Waals surface area contributed by atoms with E-state index in [1.165, 1.54) is 0 Å². The van der Waals surface area contributed by atoms with Gasteiger partial charge in [0, 0.05) is 32.7 Å². The molecule has 1 aromatic rings. The molecule has 130 valence electrons. The average Bonchev–Trinajstić information content (AvgIpc) is 2.88. The molecule has 1 heterocycles. The number of aromatic nitrogens is 3. The van der Waals surface area contributed by atoms with E-state index in [9.17, 15) is 4.79 Å². The van der Waals surface area contributed by atoms with Crippen molar-refractivity contribution in [1.29, 1.82) is 0 Å². The molecular formula is C16H29N5O2. The largest absolute Gasteiger partial charge is 0.444 e. The van der Waals surface area contributed by atoms with Crippen LogP contribution in [-0.4, -0.2) is 50.7 Å². The third kappa shape index (κ3) is 5.20. The molecule has 7 heteroatoms. The summed E-state index contributed by atoms with van der Waals surface area (Å²) >= 11 is 0. The minimum Gasteiger partial charge on any atom is -0.444 e. The molecule has 23 heavy (non-hydrogen) atoms. The first kappa shape index (κ1) is 17.7. The fourth-order valence-corrected chi connectivity index (χ4v) is 2.87. The van der Waals surface area contributed by atoms with Crippen molar-refractivity contribution in [2.24, 2.45) is 7.05 Å². The lowest BCUT2D eigenvalue weighted by Gasteiger charge is -2.35. The predicted molar refractivity (Wildman–Crippen MR) is 87.9 cm³/mol. The maximum absolute atomic E-state index is 12.1. The van der Waals surface area contributed by atoms with E-state index in [4.69, 9.17) is 4.74 Å². The smallest absolute Gasteiger partial charge is 0.410 e. The maximum atomic E-state index is 12.1. The first-order valence-electron chi connectivity index (χ1n) is 8.29. The third-order valence-electron chi connectivity index (χ3n) is 4.31. The molecule has 1 saturated carbocycles. The summed E-state index contributed by atoms with van der Waals surface area (Å²) < 4.78 is 7.23. The molecule has 1 fully saturated rings. The van der Waals surface area contributed by atoms with Gasteiger partial charge < -0.3 is 15.0 Å². The number of nitrogens with zero attached hydrogens (tertiary/aromatic N) is 4. The molecule has 0 spiro atoms. The van der Waals surface area contributed by atoms with E-state index in [2.05, 4.69) is 15.6 Å². The first-order valence-corrected chi connectivity index (χ1v) is 8.29. The summed E-state index contributed by atoms with van der Waals surface area (Å²) in [7, 11) is 3.74. The van der Waals surface area contributed by atoms with Gasteiger partial charge in [-0.1, -0.05) is 5.21 Å². The number of carbonyl (C=O) groups is 1. The maximum Gasteiger partial charge on any atom is 0.410 e. The molecule has 0 unspecified atom stereocenters. The van der Waals surface area contributed by atoms with Gasteiger partial charge in [-0.15, -0.1) is 5.10 Å². The van der Waals surface area contributed by atoms with Crippen molar-refractivity contribution in [2.45, 2.75) is 70.7 Å². The highest BCUT2D eigenvalue weighted by Gasteiger charge is 2.29. The standard InChI is InChI=1S/C16H29N5O2/c1-16(2,3)23-15(22)20(4)13-8-6-12(7-9-13)17-10-14-11-18-19-21(14)5/h11-13,17H,6-10H2,1-5H3. The van der Waals surface area contributed by atoms with Crippen LogP contribution < -0.4 is 5.32 Å². The van der Waals surface area contributed by atoms with E-state index in [-0.39, 0.29) is 12.1 Å². The van der Waals surface area contributed by atoms with Gasteiger partial charge in [-0.3, -0.25) is 4.68 Å². The summed E-state index contributed by atoms with van der Waals surface area (Å²) in [5.41, 5.74) is 0.638. The molecule has 1 aliphatic rings. The van der Waals surface area contributed by atoms with E-state index < -0.39 is 5.60 Å². The molecule has 1 amide bonds. The highest BCUT2D eigenvalue weighted by Crippen LogP contribution is 2.24. The van der Waals surface area contributed by atoms with Gasteiger partial charge in [-0.05, 0) is 46.5 Å². The number of amides is 1. The van der Waals surface area contributed by atoms with Gasteiger partial charge in [0.05, 0.1) is 11.9 Å². The number of hydrogen-bond donors (Lipinski definition) is 1. The van der Waals surface area contributed by atoms with E-state index in [0.717, 1.165) is 37.9 Å². The Hall–Kier alpha value is -1.63. The summed E-state index contributed by atoms with van der Waals surface area (Å²) in [5.74, 6) is 0. The van der Waals surface area contributed by atoms with Crippen molar-refractivity contribution < 1.29 is 9.53 Å². The molecule has 7 nitrogen and oxygen atoms in total. The highest BCUT2D eigenvalue weighted by atomic mass is 16.6. The molecule has 1 N–H and O–H groups in total. The molecule has 0 saturated heterocycles. The Labute approximate surface area is 138 Å². The van der Waals surface area contributed by atoms with Crippen molar-refractivity contribution in [3.8, 4) is 0 Å². The average molecular weight is 323 g/mol. The highest BCUT2D eigenvalue weighted by molar-refractivity contribution is 5.68. The minimum atomic E-state index is -0.443. The van der Waals surface area contributed by atoms with Gasteiger partial charge >= 0.3 is 6.09 Å². The molecule has 2 rings (SSSR count). The molecule has 0 radical (unpaired) electrons. The zero-order chi connectivity index (χ0) is 17.0. The van der Waals surface area contributed by atoms with Crippen LogP contribution >= 0.6 is 0 Å². The van der Waals surface area contributed by atoms with Gasteiger partial charge in [0.25, 0.3) is 0 Å². The van der Waals surface area contributed by atoms with Crippen LogP contribution in [0.2, 0.25) is 0 Å². The molecule has 0 aliphatic heterocycles. The fourth-order valence-electron chi connectivity index (χ4n) is 2.87. The minimum absolute atomic E-state index is 0.227. The van der Waals surface area contributed by atoms with Crippen molar-refractivity contribution >= 4 is 6.09 Å². The second kappa shape index (κ2) is 7.29. The van der Waals surface area contributed by atoms with Crippen molar-refractivity contribution in [3.63, 3.8) is 0 Å². The monoisotopic (exact) mass is 323 g/mol. The normalized spacial score (nSPS) is 22.0. The lowest BCUT2D eigenvalue weighted by Crippen LogP contribution is -2.45. The Morgan fingerprint density at radius 1 is 1.39 bits per heavy atom. The van der Waals surface area contributed by atoms with E-state index in [1.54, 1.807) is 15.8 Å². The quantitative estimate of drug-likeness (QED) is 0.918. The second-order valence-corrected chi connectivity index (χ2v) is 7.33. The van der Waals surface area contributed by atoms with Crippen LogP contribution in [0.4, 0.5) is 4.79 Å². The molecule has 0 aromatic carbocycles. The molecule has 1 aromatic heterocycles. The number of hydrogen-bond acceptors (Lipinski definition) is 5. The molecule has 0 atom stereocenters. The third-order valence-corrected chi connectivity index (χ3v) is 4.31. The van der Waals surface area contributed by atoms with Crippen LogP contribution in [0.15, 0.2) is 6.20 Å². The Kier molecular flexibility index (Phi) is 5.62. The lowest BCUT2D eigenvalue weighted by atomic mass is 9.90. The van der Waals surface area contributed by atoms with Gasteiger partial charge in [-0.2, -0.15) is 0 Å². The first-order chi connectivity index (χ1) is 10.8. The summed E-state index contributed by atoms with van der Waals surface area (Å²) in [4.78, 5) is 13.9. The number of carbonyl (C=O) groups excluding carboxylic acids is 1. The zero-order valence-corrected chi connectivity index (χ0v) is 14.9. The topological polar surface area (TPSA) is 72.3 Å². The number of aryl methyl sites for hydroxylation is 1. The fraction of sp³-hybridized carbons (Fsp3) is 0.812. The summed E-state index contributed by atoms with van der Waals surface area (Å²) in [6.07, 6.45) is 5.67. The Balaban J connectivity index is 1.75. The van der Waals surface area contributed by atoms with Crippen LogP contribution in [0.5, 0.6) is 0 Å². The van der Waals surface area contributed by atoms with E-state index >= 15 is 0 Å². The van der Waals surface area contributed by atoms with E-state index in [0.29, 0.717) is 6.04 Å². The van der Waals surface area contributed by atoms with Crippen LogP contribution in [-0.2, 0) is 18.3 Å². The summed E-state index contributed by atoms with van der Waals surface area (Å²) in [6.45, 7) is 6.47. The van der Waals surface area contributed by atoms with Gasteiger partial charge in [0.2, 0.25) is 0 Å². The number of rotatable bonds is 4. The van der Waals surface area contributed by atoms with Crippen LogP contribution in [0.3, 0.4) is 0 Å². The van der Waals surface area contributed by atoms with Gasteiger partial charge in [-0.25, -0.2) is 4.79 Å². The molecule has 1 aliphatic carbocycles. The van der Waals surface area contributed by atoms with Crippen molar-refractivity contribution in [1.82, 2.24) is 25.2 Å². The zero-order valence-electron chi connectivity index (χ0n) is 14.9. The number of nitrogens with one attached hydrogen (secondary N) is 1.